The smallest absolute Gasteiger partial charge is 0.225 e. The minimum atomic E-state index is 0.844. The molecule has 0 unspecified atom stereocenters. The number of quaternary nitrogens is 1. The van der Waals surface area contributed by atoms with Gasteiger partial charge in [0.15, 0.2) is 0 Å². The number of aryl methyl sites for hydroxylation is 1. The van der Waals surface area contributed by atoms with Crippen molar-refractivity contribution in [3.8, 4) is 10.6 Å². The van der Waals surface area contributed by atoms with Crippen LogP contribution in [0.2, 0.25) is 0 Å². The lowest BCUT2D eigenvalue weighted by molar-refractivity contribution is -0.914. The number of hydrogen-bond donors (Lipinski definition) is 1. The molecule has 0 radical (unpaired) electrons. The lowest BCUT2D eigenvalue weighted by Crippen LogP contribution is -3.13. The Kier molecular flexibility index (Phi) is 4.72. The summed E-state index contributed by atoms with van der Waals surface area (Å²) in [6.45, 7) is 7.31. The molecule has 1 fully saturated rings. The van der Waals surface area contributed by atoms with Gasteiger partial charge in [0.05, 0.1) is 26.2 Å². The second kappa shape index (κ2) is 7.29. The van der Waals surface area contributed by atoms with Crippen molar-refractivity contribution in [3.63, 3.8) is 0 Å². The van der Waals surface area contributed by atoms with E-state index in [1.165, 1.54) is 16.8 Å². The highest BCUT2D eigenvalue weighted by molar-refractivity contribution is 7.13. The van der Waals surface area contributed by atoms with Crippen molar-refractivity contribution in [1.82, 2.24) is 15.0 Å². The van der Waals surface area contributed by atoms with Gasteiger partial charge >= 0.3 is 0 Å². The van der Waals surface area contributed by atoms with E-state index in [1.807, 2.05) is 18.5 Å². The number of anilines is 1. The molecule has 0 atom stereocenters. The Hall–Kier alpha value is -2.31. The second-order valence-corrected chi connectivity index (χ2v) is 7.28. The highest BCUT2D eigenvalue weighted by Gasteiger charge is 2.22. The zero-order valence-corrected chi connectivity index (χ0v) is 15.2. The third kappa shape index (κ3) is 3.70. The average molecular weight is 352 g/mol. The predicted molar refractivity (Wildman–Crippen MR) is 101 cm³/mol. The molecule has 25 heavy (non-hydrogen) atoms. The summed E-state index contributed by atoms with van der Waals surface area (Å²) in [5, 5.41) is 3.34. The molecular formula is C19H22N5S+. The highest BCUT2D eigenvalue weighted by Crippen LogP contribution is 2.26. The fraction of sp³-hybridized carbons (Fsp3) is 0.316. The van der Waals surface area contributed by atoms with Gasteiger partial charge < -0.3 is 9.80 Å². The molecule has 0 amide bonds. The van der Waals surface area contributed by atoms with Crippen LogP contribution in [0.4, 0.5) is 5.95 Å². The number of benzene rings is 1. The molecular weight excluding hydrogens is 330 g/mol. The van der Waals surface area contributed by atoms with Gasteiger partial charge in [-0.05, 0) is 18.6 Å². The molecule has 5 nitrogen and oxygen atoms in total. The molecule has 6 heteroatoms. The minimum absolute atomic E-state index is 0.844. The Morgan fingerprint density at radius 2 is 1.84 bits per heavy atom. The molecule has 4 rings (SSSR count). The first-order valence-corrected chi connectivity index (χ1v) is 9.53. The van der Waals surface area contributed by atoms with E-state index in [2.05, 4.69) is 51.4 Å². The quantitative estimate of drug-likeness (QED) is 0.778. The molecule has 128 valence electrons. The maximum Gasteiger partial charge on any atom is 0.225 e. The van der Waals surface area contributed by atoms with Gasteiger partial charge in [-0.25, -0.2) is 15.0 Å². The van der Waals surface area contributed by atoms with Crippen LogP contribution < -0.4 is 9.80 Å². The molecule has 1 aromatic carbocycles. The molecule has 0 aliphatic carbocycles. The van der Waals surface area contributed by atoms with E-state index in [-0.39, 0.29) is 0 Å². The van der Waals surface area contributed by atoms with E-state index in [4.69, 9.17) is 4.98 Å². The first kappa shape index (κ1) is 16.2. The highest BCUT2D eigenvalue weighted by atomic mass is 32.1. The van der Waals surface area contributed by atoms with Crippen LogP contribution in [0, 0.1) is 6.92 Å². The molecule has 1 saturated heterocycles. The first-order valence-electron chi connectivity index (χ1n) is 8.65. The lowest BCUT2D eigenvalue weighted by Gasteiger charge is -2.31. The standard InChI is InChI=1S/C19H21N5S/c1-15-5-2-3-6-17(15)18-22-16(14-25-18)13-23-9-11-24(12-10-23)19-20-7-4-8-21-19/h2-8,14H,9-13H2,1H3/p+1. The Labute approximate surface area is 152 Å². The molecule has 1 aliphatic rings. The van der Waals surface area contributed by atoms with Gasteiger partial charge in [0.2, 0.25) is 5.95 Å². The summed E-state index contributed by atoms with van der Waals surface area (Å²) in [5.41, 5.74) is 3.73. The second-order valence-electron chi connectivity index (χ2n) is 6.42. The molecule has 3 heterocycles. The lowest BCUT2D eigenvalue weighted by atomic mass is 10.1. The van der Waals surface area contributed by atoms with Crippen LogP contribution in [-0.4, -0.2) is 41.1 Å². The Balaban J connectivity index is 1.37. The molecule has 1 aliphatic heterocycles. The molecule has 1 N–H and O–H groups in total. The molecule has 0 spiro atoms. The van der Waals surface area contributed by atoms with Gasteiger partial charge in [0.1, 0.15) is 17.2 Å². The van der Waals surface area contributed by atoms with Crippen molar-refractivity contribution in [3.05, 3.63) is 59.4 Å². The van der Waals surface area contributed by atoms with E-state index >= 15 is 0 Å². The summed E-state index contributed by atoms with van der Waals surface area (Å²) in [7, 11) is 0. The number of rotatable bonds is 4. The number of aromatic nitrogens is 3. The summed E-state index contributed by atoms with van der Waals surface area (Å²) < 4.78 is 0. The van der Waals surface area contributed by atoms with Crippen LogP contribution in [0.15, 0.2) is 48.1 Å². The van der Waals surface area contributed by atoms with Crippen LogP contribution in [-0.2, 0) is 6.54 Å². The zero-order chi connectivity index (χ0) is 17.1. The van der Waals surface area contributed by atoms with Crippen molar-refractivity contribution in [2.75, 3.05) is 31.1 Å². The van der Waals surface area contributed by atoms with Crippen molar-refractivity contribution >= 4 is 17.3 Å². The van der Waals surface area contributed by atoms with Gasteiger partial charge in [0.25, 0.3) is 0 Å². The summed E-state index contributed by atoms with van der Waals surface area (Å²) in [5.74, 6) is 0.844. The van der Waals surface area contributed by atoms with E-state index in [9.17, 15) is 0 Å². The van der Waals surface area contributed by atoms with Gasteiger partial charge in [0, 0.05) is 23.3 Å². The maximum absolute atomic E-state index is 4.87. The van der Waals surface area contributed by atoms with Crippen molar-refractivity contribution in [2.45, 2.75) is 13.5 Å². The van der Waals surface area contributed by atoms with Crippen LogP contribution in [0.1, 0.15) is 11.3 Å². The largest absolute Gasteiger partial charge is 0.330 e. The number of hydrogen-bond acceptors (Lipinski definition) is 5. The van der Waals surface area contributed by atoms with Gasteiger partial charge in [-0.3, -0.25) is 0 Å². The zero-order valence-electron chi connectivity index (χ0n) is 14.4. The number of thiazole rings is 1. The van der Waals surface area contributed by atoms with Gasteiger partial charge in [-0.15, -0.1) is 11.3 Å². The first-order chi connectivity index (χ1) is 12.3. The van der Waals surface area contributed by atoms with Crippen molar-refractivity contribution in [1.29, 1.82) is 0 Å². The van der Waals surface area contributed by atoms with Crippen LogP contribution in [0.3, 0.4) is 0 Å². The fourth-order valence-corrected chi connectivity index (χ4v) is 4.14. The van der Waals surface area contributed by atoms with Gasteiger partial charge in [-0.1, -0.05) is 24.3 Å². The third-order valence-electron chi connectivity index (χ3n) is 4.66. The predicted octanol–water partition coefficient (Wildman–Crippen LogP) is 1.81. The average Bonchev–Trinajstić information content (AvgIpc) is 3.12. The minimum Gasteiger partial charge on any atom is -0.330 e. The normalized spacial score (nSPS) is 15.5. The topological polar surface area (TPSA) is 46.4 Å². The summed E-state index contributed by atoms with van der Waals surface area (Å²) >= 11 is 1.75. The molecule has 0 bridgehead atoms. The molecule has 2 aromatic heterocycles. The van der Waals surface area contributed by atoms with E-state index in [0.717, 1.165) is 43.7 Å². The Bertz CT molecular complexity index is 825. The van der Waals surface area contributed by atoms with Crippen molar-refractivity contribution in [2.24, 2.45) is 0 Å². The number of piperazine rings is 1. The van der Waals surface area contributed by atoms with Crippen LogP contribution in [0.25, 0.3) is 10.6 Å². The van der Waals surface area contributed by atoms with Crippen LogP contribution >= 0.6 is 11.3 Å². The number of nitrogens with one attached hydrogen (secondary N) is 1. The SMILES string of the molecule is Cc1ccccc1-c1nc(C[NH+]2CCN(c3ncccn3)CC2)cs1. The third-order valence-corrected chi connectivity index (χ3v) is 5.59. The monoisotopic (exact) mass is 352 g/mol. The van der Waals surface area contributed by atoms with E-state index in [1.54, 1.807) is 16.2 Å². The van der Waals surface area contributed by atoms with E-state index < -0.39 is 0 Å². The molecule has 3 aromatic rings. The van der Waals surface area contributed by atoms with Crippen molar-refractivity contribution < 1.29 is 4.90 Å². The summed E-state index contributed by atoms with van der Waals surface area (Å²) in [6.07, 6.45) is 3.62. The summed E-state index contributed by atoms with van der Waals surface area (Å²) in [6, 6.07) is 10.3. The number of nitrogens with zero attached hydrogens (tertiary/aromatic N) is 4. The van der Waals surface area contributed by atoms with Gasteiger partial charge in [-0.2, -0.15) is 0 Å². The summed E-state index contributed by atoms with van der Waals surface area (Å²) in [4.78, 5) is 17.4. The van der Waals surface area contributed by atoms with E-state index in [0.29, 0.717) is 0 Å². The Morgan fingerprint density at radius 1 is 1.08 bits per heavy atom. The Morgan fingerprint density at radius 3 is 2.60 bits per heavy atom. The fourth-order valence-electron chi connectivity index (χ4n) is 3.24. The maximum atomic E-state index is 4.87. The van der Waals surface area contributed by atoms with Crippen LogP contribution in [0.5, 0.6) is 0 Å². The molecule has 0 saturated carbocycles.